The van der Waals surface area contributed by atoms with Crippen molar-refractivity contribution in [3.63, 3.8) is 0 Å². The van der Waals surface area contributed by atoms with Gasteiger partial charge in [-0.15, -0.1) is 23.7 Å². The van der Waals surface area contributed by atoms with Gasteiger partial charge in [-0.05, 0) is 59.7 Å². The van der Waals surface area contributed by atoms with Gasteiger partial charge in [0, 0.05) is 67.1 Å². The standard InChI is InChI=1S/C25H27N3O2S.ClH/c1-26-11-8-19-18-20(6-7-21(19)25(26)29)30-16-3-10-27-12-14-28(15-13-27)23-4-2-5-24-22(23)9-17-31-24;/h2,4-9,11,17-18H,3,10,12-16H2,1H3;1H. The van der Waals surface area contributed by atoms with E-state index in [0.29, 0.717) is 6.61 Å². The lowest BCUT2D eigenvalue weighted by atomic mass is 10.1. The summed E-state index contributed by atoms with van der Waals surface area (Å²) in [4.78, 5) is 17.2. The van der Waals surface area contributed by atoms with Crippen LogP contribution in [0, 0.1) is 0 Å². The predicted molar refractivity (Wildman–Crippen MR) is 137 cm³/mol. The zero-order valence-corrected chi connectivity index (χ0v) is 19.8. The maximum absolute atomic E-state index is 12.2. The summed E-state index contributed by atoms with van der Waals surface area (Å²) in [5.41, 5.74) is 1.39. The molecule has 3 heterocycles. The van der Waals surface area contributed by atoms with Crippen LogP contribution in [0.1, 0.15) is 6.42 Å². The van der Waals surface area contributed by atoms with Crippen LogP contribution in [0.2, 0.25) is 0 Å². The Bertz CT molecular complexity index is 1260. The normalized spacial score (nSPS) is 14.6. The molecule has 5 rings (SSSR count). The van der Waals surface area contributed by atoms with Gasteiger partial charge in [-0.3, -0.25) is 9.69 Å². The molecule has 0 unspecified atom stereocenters. The first-order valence-corrected chi connectivity index (χ1v) is 11.7. The number of aryl methyl sites for hydroxylation is 1. The minimum absolute atomic E-state index is 0. The Morgan fingerprint density at radius 3 is 2.69 bits per heavy atom. The molecule has 0 bridgehead atoms. The molecule has 1 aliphatic rings. The minimum Gasteiger partial charge on any atom is -0.494 e. The highest BCUT2D eigenvalue weighted by atomic mass is 35.5. The third-order valence-corrected chi connectivity index (χ3v) is 7.01. The summed E-state index contributed by atoms with van der Waals surface area (Å²) in [5.74, 6) is 0.828. The van der Waals surface area contributed by atoms with Crippen LogP contribution in [0.5, 0.6) is 5.75 Å². The molecule has 0 atom stereocenters. The number of aromatic nitrogens is 1. The van der Waals surface area contributed by atoms with Gasteiger partial charge in [-0.25, -0.2) is 0 Å². The van der Waals surface area contributed by atoms with E-state index in [0.717, 1.165) is 55.7 Å². The Hall–Kier alpha value is -2.54. The van der Waals surface area contributed by atoms with Crippen molar-refractivity contribution in [3.05, 3.63) is 70.5 Å². The van der Waals surface area contributed by atoms with Gasteiger partial charge in [0.05, 0.1) is 6.61 Å². The molecular weight excluding hydrogens is 442 g/mol. The number of rotatable bonds is 6. The molecule has 7 heteroatoms. The van der Waals surface area contributed by atoms with E-state index in [1.165, 1.54) is 15.8 Å². The van der Waals surface area contributed by atoms with Crippen molar-refractivity contribution in [3.8, 4) is 5.75 Å². The van der Waals surface area contributed by atoms with E-state index >= 15 is 0 Å². The fraction of sp³-hybridized carbons (Fsp3) is 0.320. The van der Waals surface area contributed by atoms with Crippen molar-refractivity contribution in [2.75, 3.05) is 44.2 Å². The molecule has 1 fully saturated rings. The summed E-state index contributed by atoms with van der Waals surface area (Å²) in [7, 11) is 1.77. The highest BCUT2D eigenvalue weighted by Gasteiger charge is 2.18. The number of hydrogen-bond donors (Lipinski definition) is 0. The molecule has 2 aromatic carbocycles. The number of benzene rings is 2. The molecule has 168 valence electrons. The number of pyridine rings is 1. The van der Waals surface area contributed by atoms with Crippen molar-refractivity contribution in [2.24, 2.45) is 7.05 Å². The lowest BCUT2D eigenvalue weighted by Gasteiger charge is -2.36. The first-order chi connectivity index (χ1) is 15.2. The molecule has 1 aliphatic heterocycles. The van der Waals surface area contributed by atoms with Crippen LogP contribution in [-0.4, -0.2) is 48.8 Å². The number of hydrogen-bond acceptors (Lipinski definition) is 5. The number of fused-ring (bicyclic) bond motifs is 2. The summed E-state index contributed by atoms with van der Waals surface area (Å²) in [6.45, 7) is 6.03. The predicted octanol–water partition coefficient (Wildman–Crippen LogP) is 4.77. The molecule has 0 N–H and O–H groups in total. The zero-order valence-electron chi connectivity index (χ0n) is 18.2. The lowest BCUT2D eigenvalue weighted by Crippen LogP contribution is -2.46. The smallest absolute Gasteiger partial charge is 0.258 e. The van der Waals surface area contributed by atoms with Crippen LogP contribution in [0.25, 0.3) is 20.9 Å². The van der Waals surface area contributed by atoms with Gasteiger partial charge in [0.15, 0.2) is 0 Å². The van der Waals surface area contributed by atoms with E-state index in [1.807, 2.05) is 35.6 Å². The van der Waals surface area contributed by atoms with Crippen molar-refractivity contribution in [1.29, 1.82) is 0 Å². The van der Waals surface area contributed by atoms with Gasteiger partial charge in [0.1, 0.15) is 5.75 Å². The summed E-state index contributed by atoms with van der Waals surface area (Å²) in [6, 6.07) is 16.5. The lowest BCUT2D eigenvalue weighted by molar-refractivity contribution is 0.225. The van der Waals surface area contributed by atoms with Crippen molar-refractivity contribution in [1.82, 2.24) is 9.47 Å². The van der Waals surface area contributed by atoms with E-state index < -0.39 is 0 Å². The number of halogens is 1. The number of anilines is 1. The largest absolute Gasteiger partial charge is 0.494 e. The fourth-order valence-electron chi connectivity index (χ4n) is 4.36. The Balaban J connectivity index is 0.00000245. The Labute approximate surface area is 198 Å². The number of thiophene rings is 1. The first kappa shape index (κ1) is 22.6. The number of ether oxygens (including phenoxy) is 1. The second-order valence-electron chi connectivity index (χ2n) is 8.12. The van der Waals surface area contributed by atoms with E-state index in [1.54, 1.807) is 17.8 Å². The third kappa shape index (κ3) is 4.63. The quantitative estimate of drug-likeness (QED) is 0.381. The van der Waals surface area contributed by atoms with Crippen LogP contribution < -0.4 is 15.2 Å². The van der Waals surface area contributed by atoms with Crippen molar-refractivity contribution in [2.45, 2.75) is 6.42 Å². The van der Waals surface area contributed by atoms with Crippen LogP contribution in [0.15, 0.2) is 64.9 Å². The highest BCUT2D eigenvalue weighted by Crippen LogP contribution is 2.31. The molecule has 2 aromatic heterocycles. The molecule has 1 saturated heterocycles. The Morgan fingerprint density at radius 1 is 1.00 bits per heavy atom. The van der Waals surface area contributed by atoms with Gasteiger partial charge < -0.3 is 14.2 Å². The third-order valence-electron chi connectivity index (χ3n) is 6.12. The average Bonchev–Trinajstić information content (AvgIpc) is 3.29. The summed E-state index contributed by atoms with van der Waals surface area (Å²) < 4.78 is 8.93. The monoisotopic (exact) mass is 469 g/mol. The molecule has 4 aromatic rings. The van der Waals surface area contributed by atoms with Gasteiger partial charge in [0.2, 0.25) is 0 Å². The van der Waals surface area contributed by atoms with Crippen LogP contribution in [0.4, 0.5) is 5.69 Å². The molecule has 0 radical (unpaired) electrons. The number of piperazine rings is 1. The SMILES string of the molecule is Cl.Cn1ccc2cc(OCCCN3CCN(c4cccc5sccc45)CC3)ccc2c1=O. The molecule has 0 amide bonds. The average molecular weight is 470 g/mol. The molecule has 0 spiro atoms. The van der Waals surface area contributed by atoms with E-state index in [-0.39, 0.29) is 18.0 Å². The molecule has 5 nitrogen and oxygen atoms in total. The summed E-state index contributed by atoms with van der Waals surface area (Å²) in [6.07, 6.45) is 2.79. The minimum atomic E-state index is 0. The van der Waals surface area contributed by atoms with Crippen LogP contribution in [0.3, 0.4) is 0 Å². The number of nitrogens with zero attached hydrogens (tertiary/aromatic N) is 3. The maximum Gasteiger partial charge on any atom is 0.258 e. The highest BCUT2D eigenvalue weighted by molar-refractivity contribution is 7.17. The van der Waals surface area contributed by atoms with E-state index in [2.05, 4.69) is 39.4 Å². The van der Waals surface area contributed by atoms with Crippen LogP contribution in [-0.2, 0) is 7.05 Å². The van der Waals surface area contributed by atoms with Gasteiger partial charge in [0.25, 0.3) is 5.56 Å². The van der Waals surface area contributed by atoms with E-state index in [4.69, 9.17) is 4.74 Å². The van der Waals surface area contributed by atoms with Crippen LogP contribution >= 0.6 is 23.7 Å². The molecular formula is C25H28ClN3O2S. The fourth-order valence-corrected chi connectivity index (χ4v) is 5.16. The van der Waals surface area contributed by atoms with Crippen molar-refractivity contribution >= 4 is 50.3 Å². The summed E-state index contributed by atoms with van der Waals surface area (Å²) in [5, 5.41) is 5.22. The molecule has 0 aliphatic carbocycles. The zero-order chi connectivity index (χ0) is 21.2. The van der Waals surface area contributed by atoms with Crippen molar-refractivity contribution < 1.29 is 4.74 Å². The topological polar surface area (TPSA) is 37.7 Å². The Kier molecular flexibility index (Phi) is 7.04. The summed E-state index contributed by atoms with van der Waals surface area (Å²) >= 11 is 1.81. The van der Waals surface area contributed by atoms with E-state index in [9.17, 15) is 4.79 Å². The second-order valence-corrected chi connectivity index (χ2v) is 9.07. The second kappa shape index (κ2) is 9.94. The first-order valence-electron chi connectivity index (χ1n) is 10.8. The van der Waals surface area contributed by atoms with Gasteiger partial charge in [-0.2, -0.15) is 0 Å². The van der Waals surface area contributed by atoms with Gasteiger partial charge in [-0.1, -0.05) is 6.07 Å². The molecule has 0 saturated carbocycles. The van der Waals surface area contributed by atoms with Gasteiger partial charge >= 0.3 is 0 Å². The molecule has 32 heavy (non-hydrogen) atoms. The maximum atomic E-state index is 12.2. The Morgan fingerprint density at radius 2 is 1.84 bits per heavy atom.